The molecule has 2 rings (SSSR count). The van der Waals surface area contributed by atoms with Crippen molar-refractivity contribution in [3.05, 3.63) is 38.3 Å². The Morgan fingerprint density at radius 1 is 1.29 bits per heavy atom. The molecule has 0 saturated heterocycles. The highest BCUT2D eigenvalue weighted by Crippen LogP contribution is 2.40. The number of nitriles is 1. The van der Waals surface area contributed by atoms with Crippen LogP contribution in [0.4, 0.5) is 5.69 Å². The molecule has 0 unspecified atom stereocenters. The third kappa shape index (κ3) is 3.39. The smallest absolute Gasteiger partial charge is 0.244 e. The summed E-state index contributed by atoms with van der Waals surface area (Å²) in [5.74, 6) is -0.486. The molecule has 0 bridgehead atoms. The van der Waals surface area contributed by atoms with E-state index in [0.717, 1.165) is 0 Å². The van der Waals surface area contributed by atoms with Gasteiger partial charge in [0.15, 0.2) is 0 Å². The van der Waals surface area contributed by atoms with Crippen molar-refractivity contribution in [3.8, 4) is 6.07 Å². The van der Waals surface area contributed by atoms with Crippen LogP contribution in [0.2, 0.25) is 20.1 Å². The molecule has 1 heterocycles. The monoisotopic (exact) mass is 363 g/mol. The van der Waals surface area contributed by atoms with Gasteiger partial charge in [0.25, 0.3) is 0 Å². The van der Waals surface area contributed by atoms with Crippen molar-refractivity contribution in [1.82, 2.24) is 14.8 Å². The normalized spacial score (nSPS) is 10.2. The van der Waals surface area contributed by atoms with Crippen LogP contribution in [0.5, 0.6) is 0 Å². The fraction of sp³-hybridized carbons (Fsp3) is 0.0909. The number of carbonyl (C=O) groups is 1. The maximum Gasteiger partial charge on any atom is 0.244 e. The van der Waals surface area contributed by atoms with Gasteiger partial charge in [0.1, 0.15) is 18.9 Å². The first-order valence-electron chi connectivity index (χ1n) is 5.34. The van der Waals surface area contributed by atoms with E-state index < -0.39 is 5.91 Å². The number of nitrogens with one attached hydrogen (secondary N) is 1. The van der Waals surface area contributed by atoms with Gasteiger partial charge in [0, 0.05) is 0 Å². The molecule has 108 valence electrons. The molecule has 0 aliphatic heterocycles. The van der Waals surface area contributed by atoms with E-state index in [1.165, 1.54) is 17.0 Å². The van der Waals surface area contributed by atoms with Crippen LogP contribution in [-0.4, -0.2) is 20.7 Å². The average molecular weight is 365 g/mol. The summed E-state index contributed by atoms with van der Waals surface area (Å²) in [6, 6.07) is 3.17. The number of hydrogen-bond donors (Lipinski definition) is 1. The number of halogens is 4. The number of aromatic nitrogens is 3. The Balaban J connectivity index is 2.23. The van der Waals surface area contributed by atoms with E-state index in [0.29, 0.717) is 0 Å². The summed E-state index contributed by atoms with van der Waals surface area (Å²) < 4.78 is 1.27. The van der Waals surface area contributed by atoms with E-state index in [1.807, 2.05) is 0 Å². The molecule has 21 heavy (non-hydrogen) atoms. The third-order valence-electron chi connectivity index (χ3n) is 2.41. The zero-order chi connectivity index (χ0) is 15.6. The molecule has 0 saturated carbocycles. The summed E-state index contributed by atoms with van der Waals surface area (Å²) >= 11 is 23.7. The lowest BCUT2D eigenvalue weighted by Crippen LogP contribution is -2.19. The SMILES string of the molecule is N#Cc1nncn1CC(=O)Nc1c(Cl)c(Cl)cc(Cl)c1Cl. The molecule has 10 heteroatoms. The molecule has 1 aromatic heterocycles. The van der Waals surface area contributed by atoms with Crippen molar-refractivity contribution < 1.29 is 4.79 Å². The first-order valence-corrected chi connectivity index (χ1v) is 6.86. The van der Waals surface area contributed by atoms with Gasteiger partial charge in [-0.3, -0.25) is 9.36 Å². The number of amides is 1. The Kier molecular flexibility index (Phi) is 4.91. The fourth-order valence-electron chi connectivity index (χ4n) is 1.47. The maximum absolute atomic E-state index is 12.0. The Bertz CT molecular complexity index is 726. The van der Waals surface area contributed by atoms with E-state index in [1.54, 1.807) is 6.07 Å². The standard InChI is InChI=1S/C11H5Cl4N5O/c12-5-1-6(13)10(15)11(9(5)14)18-8(21)3-20-4-17-19-7(20)2-16/h1,4H,3H2,(H,18,21). The van der Waals surface area contributed by atoms with Gasteiger partial charge >= 0.3 is 0 Å². The van der Waals surface area contributed by atoms with Gasteiger partial charge < -0.3 is 5.32 Å². The minimum absolute atomic E-state index is 0.00599. The van der Waals surface area contributed by atoms with E-state index in [-0.39, 0.29) is 38.1 Å². The fourth-order valence-corrected chi connectivity index (χ4v) is 2.38. The maximum atomic E-state index is 12.0. The second kappa shape index (κ2) is 6.50. The first kappa shape index (κ1) is 15.9. The number of nitrogens with zero attached hydrogens (tertiary/aromatic N) is 4. The minimum Gasteiger partial charge on any atom is -0.322 e. The lowest BCUT2D eigenvalue weighted by atomic mass is 10.3. The molecular weight excluding hydrogens is 360 g/mol. The van der Waals surface area contributed by atoms with E-state index in [4.69, 9.17) is 51.7 Å². The van der Waals surface area contributed by atoms with Crippen LogP contribution in [0.15, 0.2) is 12.4 Å². The van der Waals surface area contributed by atoms with Gasteiger partial charge in [-0.15, -0.1) is 10.2 Å². The van der Waals surface area contributed by atoms with E-state index in [2.05, 4.69) is 15.5 Å². The number of carbonyl (C=O) groups excluding carboxylic acids is 1. The Morgan fingerprint density at radius 2 is 1.90 bits per heavy atom. The molecule has 1 aromatic carbocycles. The topological polar surface area (TPSA) is 83.6 Å². The highest BCUT2D eigenvalue weighted by atomic mass is 35.5. The summed E-state index contributed by atoms with van der Waals surface area (Å²) in [4.78, 5) is 12.0. The predicted molar refractivity (Wildman–Crippen MR) is 79.8 cm³/mol. The van der Waals surface area contributed by atoms with Crippen molar-refractivity contribution in [2.75, 3.05) is 5.32 Å². The summed E-state index contributed by atoms with van der Waals surface area (Å²) in [6.07, 6.45) is 1.26. The molecule has 0 fully saturated rings. The van der Waals surface area contributed by atoms with Crippen molar-refractivity contribution in [2.24, 2.45) is 0 Å². The van der Waals surface area contributed by atoms with Gasteiger partial charge in [0.05, 0.1) is 25.8 Å². The second-order valence-corrected chi connectivity index (χ2v) is 5.36. The molecule has 6 nitrogen and oxygen atoms in total. The average Bonchev–Trinajstić information content (AvgIpc) is 2.88. The molecule has 0 aliphatic carbocycles. The number of hydrogen-bond acceptors (Lipinski definition) is 4. The third-order valence-corrected chi connectivity index (χ3v) is 3.98. The van der Waals surface area contributed by atoms with Gasteiger partial charge in [-0.05, 0) is 6.07 Å². The summed E-state index contributed by atoms with van der Waals surface area (Å²) in [5.41, 5.74) is 0.104. The molecule has 0 atom stereocenters. The van der Waals surface area contributed by atoms with Gasteiger partial charge in [-0.25, -0.2) is 0 Å². The van der Waals surface area contributed by atoms with Crippen LogP contribution in [0.3, 0.4) is 0 Å². The highest BCUT2D eigenvalue weighted by molar-refractivity contribution is 6.50. The Morgan fingerprint density at radius 3 is 2.48 bits per heavy atom. The van der Waals surface area contributed by atoms with E-state index in [9.17, 15) is 4.79 Å². The first-order chi connectivity index (χ1) is 9.93. The van der Waals surface area contributed by atoms with Crippen LogP contribution in [0.25, 0.3) is 0 Å². The lowest BCUT2D eigenvalue weighted by Gasteiger charge is -2.12. The number of rotatable bonds is 3. The molecule has 0 spiro atoms. The molecule has 0 aliphatic rings. The van der Waals surface area contributed by atoms with Crippen LogP contribution in [0.1, 0.15) is 5.82 Å². The summed E-state index contributed by atoms with van der Waals surface area (Å²) in [6.45, 7) is -0.188. The minimum atomic E-state index is -0.492. The zero-order valence-electron chi connectivity index (χ0n) is 10.1. The molecule has 1 N–H and O–H groups in total. The largest absolute Gasteiger partial charge is 0.322 e. The zero-order valence-corrected chi connectivity index (χ0v) is 13.1. The molecule has 2 aromatic rings. The van der Waals surface area contributed by atoms with Crippen LogP contribution < -0.4 is 5.32 Å². The lowest BCUT2D eigenvalue weighted by molar-refractivity contribution is -0.116. The van der Waals surface area contributed by atoms with Crippen molar-refractivity contribution in [2.45, 2.75) is 6.54 Å². The van der Waals surface area contributed by atoms with Crippen molar-refractivity contribution in [3.63, 3.8) is 0 Å². The molecule has 1 amide bonds. The molecular formula is C11H5Cl4N5O. The van der Waals surface area contributed by atoms with Crippen LogP contribution in [0, 0.1) is 11.3 Å². The van der Waals surface area contributed by atoms with Crippen LogP contribution >= 0.6 is 46.4 Å². The van der Waals surface area contributed by atoms with E-state index >= 15 is 0 Å². The highest BCUT2D eigenvalue weighted by Gasteiger charge is 2.17. The van der Waals surface area contributed by atoms with Gasteiger partial charge in [0.2, 0.25) is 11.7 Å². The van der Waals surface area contributed by atoms with Gasteiger partial charge in [-0.2, -0.15) is 5.26 Å². The quantitative estimate of drug-likeness (QED) is 0.846. The Labute approximate surface area is 139 Å². The van der Waals surface area contributed by atoms with Crippen molar-refractivity contribution in [1.29, 1.82) is 5.26 Å². The number of anilines is 1. The Hall–Kier alpha value is -1.52. The molecule has 0 radical (unpaired) electrons. The van der Waals surface area contributed by atoms with Crippen molar-refractivity contribution >= 4 is 58.0 Å². The summed E-state index contributed by atoms with van der Waals surface area (Å²) in [7, 11) is 0. The van der Waals surface area contributed by atoms with Gasteiger partial charge in [-0.1, -0.05) is 46.4 Å². The van der Waals surface area contributed by atoms with Crippen LogP contribution in [-0.2, 0) is 11.3 Å². The summed E-state index contributed by atoms with van der Waals surface area (Å²) in [5, 5.41) is 18.8. The second-order valence-electron chi connectivity index (χ2n) is 3.79. The number of benzene rings is 1. The predicted octanol–water partition coefficient (Wildman–Crippen LogP) is 3.40.